The summed E-state index contributed by atoms with van der Waals surface area (Å²) in [7, 11) is 0. The summed E-state index contributed by atoms with van der Waals surface area (Å²) in [5.41, 5.74) is 0.316. The summed E-state index contributed by atoms with van der Waals surface area (Å²) in [6, 6.07) is 7.67. The Bertz CT molecular complexity index is 1330. The molecule has 0 fully saturated rings. The molecule has 2 aromatic carbocycles. The maximum atomic E-state index is 14.4. The Morgan fingerprint density at radius 1 is 1.17 bits per heavy atom. The van der Waals surface area contributed by atoms with Crippen LogP contribution in [0.15, 0.2) is 44.6 Å². The number of benzene rings is 2. The van der Waals surface area contributed by atoms with Gasteiger partial charge in [-0.3, -0.25) is 4.79 Å². The van der Waals surface area contributed by atoms with E-state index in [-0.39, 0.29) is 33.1 Å². The summed E-state index contributed by atoms with van der Waals surface area (Å²) >= 11 is 4.16. The number of carbonyl (C=O) groups is 2. The van der Waals surface area contributed by atoms with E-state index in [4.69, 9.17) is 4.42 Å². The normalized spacial score (nSPS) is 11.1. The summed E-state index contributed by atoms with van der Waals surface area (Å²) in [4.78, 5) is 28.5. The molecule has 4 rings (SSSR count). The maximum absolute atomic E-state index is 14.4. The van der Waals surface area contributed by atoms with E-state index < -0.39 is 23.5 Å². The van der Waals surface area contributed by atoms with Gasteiger partial charge in [0.2, 0.25) is 0 Å². The van der Waals surface area contributed by atoms with Gasteiger partial charge < -0.3 is 14.8 Å². The molecule has 0 aliphatic carbocycles. The van der Waals surface area contributed by atoms with Crippen LogP contribution in [-0.2, 0) is 0 Å². The van der Waals surface area contributed by atoms with E-state index in [1.807, 2.05) is 0 Å². The Kier molecular flexibility index (Phi) is 5.12. The van der Waals surface area contributed by atoms with Gasteiger partial charge in [0.15, 0.2) is 17.2 Å². The fourth-order valence-electron chi connectivity index (χ4n) is 2.87. The summed E-state index contributed by atoms with van der Waals surface area (Å²) < 4.78 is 34.5. The molecule has 0 atom stereocenters. The lowest BCUT2D eigenvalue weighted by molar-refractivity contribution is 0.0699. The van der Waals surface area contributed by atoms with Crippen molar-refractivity contribution in [2.45, 2.75) is 6.92 Å². The first-order chi connectivity index (χ1) is 14.3. The number of hydrogen-bond donors (Lipinski definition) is 2. The zero-order valence-corrected chi connectivity index (χ0v) is 17.5. The molecule has 2 N–H and O–H groups in total. The summed E-state index contributed by atoms with van der Waals surface area (Å²) in [5, 5.41) is 13.4. The maximum Gasteiger partial charge on any atom is 0.339 e. The Morgan fingerprint density at radius 2 is 1.93 bits per heavy atom. The molecule has 1 amide bonds. The number of oxazole rings is 1. The molecule has 30 heavy (non-hydrogen) atoms. The molecule has 0 radical (unpaired) electrons. The van der Waals surface area contributed by atoms with Gasteiger partial charge in [-0.1, -0.05) is 28.1 Å². The topological polar surface area (TPSA) is 92.4 Å². The minimum atomic E-state index is -1.40. The van der Waals surface area contributed by atoms with Crippen molar-refractivity contribution in [3.63, 3.8) is 0 Å². The molecule has 6 nitrogen and oxygen atoms in total. The average Bonchev–Trinajstić information content (AvgIpc) is 3.30. The lowest BCUT2D eigenvalue weighted by Gasteiger charge is -2.07. The largest absolute Gasteiger partial charge is 0.478 e. The third kappa shape index (κ3) is 3.48. The van der Waals surface area contributed by atoms with E-state index in [1.54, 1.807) is 18.2 Å². The number of thiophene rings is 1. The van der Waals surface area contributed by atoms with Gasteiger partial charge in [-0.05, 0) is 30.7 Å². The van der Waals surface area contributed by atoms with Crippen LogP contribution in [0.1, 0.15) is 26.6 Å². The third-order valence-electron chi connectivity index (χ3n) is 4.34. The van der Waals surface area contributed by atoms with Crippen molar-refractivity contribution in [2.75, 3.05) is 5.32 Å². The lowest BCUT2D eigenvalue weighted by atomic mass is 10.0. The Hall–Kier alpha value is -3.11. The second-order valence-electron chi connectivity index (χ2n) is 6.30. The molecule has 0 aliphatic rings. The zero-order valence-electron chi connectivity index (χ0n) is 15.1. The molecule has 2 heterocycles. The van der Waals surface area contributed by atoms with E-state index in [0.29, 0.717) is 11.1 Å². The molecule has 10 heteroatoms. The first kappa shape index (κ1) is 20.2. The number of nitrogens with zero attached hydrogens (tertiary/aromatic N) is 1. The number of halogens is 3. The van der Waals surface area contributed by atoms with Crippen molar-refractivity contribution in [1.29, 1.82) is 0 Å². The standard InChI is InChI=1S/C20H11BrF2N2O4S/c1-8-2-4-10(16(23)15(8)22)11-7-30-19(14(11)20(27)28)25-17(26)18-24-12-5-3-9(21)6-13(12)29-18/h2-7H,1H3,(H,25,26)(H,27,28). The van der Waals surface area contributed by atoms with Gasteiger partial charge in [-0.25, -0.2) is 18.6 Å². The number of aromatic nitrogens is 1. The monoisotopic (exact) mass is 492 g/mol. The average molecular weight is 493 g/mol. The second kappa shape index (κ2) is 7.62. The van der Waals surface area contributed by atoms with Gasteiger partial charge in [0.25, 0.3) is 5.89 Å². The molecular formula is C20H11BrF2N2O4S. The smallest absolute Gasteiger partial charge is 0.339 e. The number of nitrogens with one attached hydrogen (secondary N) is 1. The summed E-state index contributed by atoms with van der Waals surface area (Å²) in [6.07, 6.45) is 0. The van der Waals surface area contributed by atoms with Crippen molar-refractivity contribution >= 4 is 55.2 Å². The predicted molar refractivity (Wildman–Crippen MR) is 111 cm³/mol. The fourth-order valence-corrected chi connectivity index (χ4v) is 4.15. The molecule has 152 valence electrons. The van der Waals surface area contributed by atoms with E-state index >= 15 is 0 Å². The van der Waals surface area contributed by atoms with E-state index in [2.05, 4.69) is 26.2 Å². The fraction of sp³-hybridized carbons (Fsp3) is 0.0500. The van der Waals surface area contributed by atoms with Crippen molar-refractivity contribution in [2.24, 2.45) is 0 Å². The van der Waals surface area contributed by atoms with Crippen LogP contribution >= 0.6 is 27.3 Å². The Morgan fingerprint density at radius 3 is 2.67 bits per heavy atom. The van der Waals surface area contributed by atoms with E-state index in [1.165, 1.54) is 24.4 Å². The van der Waals surface area contributed by atoms with Gasteiger partial charge in [0.1, 0.15) is 16.1 Å². The number of aromatic carboxylic acids is 1. The van der Waals surface area contributed by atoms with Gasteiger partial charge in [-0.15, -0.1) is 11.3 Å². The van der Waals surface area contributed by atoms with Crippen LogP contribution in [0, 0.1) is 18.6 Å². The SMILES string of the molecule is Cc1ccc(-c2csc(NC(=O)c3nc4ccc(Br)cc4o3)c2C(=O)O)c(F)c1F. The van der Waals surface area contributed by atoms with Crippen LogP contribution in [-0.4, -0.2) is 22.0 Å². The number of fused-ring (bicyclic) bond motifs is 1. The highest BCUT2D eigenvalue weighted by Crippen LogP contribution is 2.38. The number of carboxylic acid groups (broad SMARTS) is 1. The third-order valence-corrected chi connectivity index (χ3v) is 5.73. The highest BCUT2D eigenvalue weighted by atomic mass is 79.9. The molecule has 0 saturated carbocycles. The summed E-state index contributed by atoms with van der Waals surface area (Å²) in [5.74, 6) is -4.64. The molecular weight excluding hydrogens is 482 g/mol. The molecule has 0 saturated heterocycles. The highest BCUT2D eigenvalue weighted by molar-refractivity contribution is 9.10. The minimum Gasteiger partial charge on any atom is -0.478 e. The van der Waals surface area contributed by atoms with Gasteiger partial charge in [0, 0.05) is 21.0 Å². The highest BCUT2D eigenvalue weighted by Gasteiger charge is 2.26. The van der Waals surface area contributed by atoms with Crippen molar-refractivity contribution in [1.82, 2.24) is 4.98 Å². The van der Waals surface area contributed by atoms with Crippen LogP contribution in [0.25, 0.3) is 22.2 Å². The first-order valence-corrected chi connectivity index (χ1v) is 10.1. The number of aryl methyl sites for hydroxylation is 1. The number of rotatable bonds is 4. The summed E-state index contributed by atoms with van der Waals surface area (Å²) in [6.45, 7) is 1.40. The van der Waals surface area contributed by atoms with Gasteiger partial charge >= 0.3 is 11.9 Å². The molecule has 0 bridgehead atoms. The second-order valence-corrected chi connectivity index (χ2v) is 8.10. The van der Waals surface area contributed by atoms with Crippen LogP contribution in [0.2, 0.25) is 0 Å². The van der Waals surface area contributed by atoms with E-state index in [9.17, 15) is 23.5 Å². The van der Waals surface area contributed by atoms with Crippen LogP contribution in [0.5, 0.6) is 0 Å². The molecule has 0 unspecified atom stereocenters. The molecule has 4 aromatic rings. The Balaban J connectivity index is 1.72. The van der Waals surface area contributed by atoms with Crippen LogP contribution < -0.4 is 5.32 Å². The minimum absolute atomic E-state index is 0.0410. The van der Waals surface area contributed by atoms with Crippen molar-refractivity contribution in [3.05, 3.63) is 68.8 Å². The molecule has 0 aliphatic heterocycles. The van der Waals surface area contributed by atoms with E-state index in [0.717, 1.165) is 15.8 Å². The number of amides is 1. The number of hydrogen-bond acceptors (Lipinski definition) is 5. The van der Waals surface area contributed by atoms with Crippen molar-refractivity contribution < 1.29 is 27.9 Å². The zero-order chi connectivity index (χ0) is 21.6. The number of carbonyl (C=O) groups excluding carboxylic acids is 1. The molecule has 0 spiro atoms. The predicted octanol–water partition coefficient (Wildman–Crippen LogP) is 5.86. The Labute approximate surface area is 180 Å². The van der Waals surface area contributed by atoms with Crippen LogP contribution in [0.4, 0.5) is 13.8 Å². The number of carboxylic acids is 1. The van der Waals surface area contributed by atoms with Gasteiger partial charge in [-0.2, -0.15) is 0 Å². The quantitative estimate of drug-likeness (QED) is 0.372. The molecule has 2 aromatic heterocycles. The van der Waals surface area contributed by atoms with Gasteiger partial charge in [0.05, 0.1) is 0 Å². The lowest BCUT2D eigenvalue weighted by Crippen LogP contribution is -2.14. The van der Waals surface area contributed by atoms with Crippen LogP contribution in [0.3, 0.4) is 0 Å². The first-order valence-electron chi connectivity index (χ1n) is 8.43. The van der Waals surface area contributed by atoms with Crippen molar-refractivity contribution in [3.8, 4) is 11.1 Å². The number of anilines is 1.